The Morgan fingerprint density at radius 3 is 2.68 bits per heavy atom. The van der Waals surface area contributed by atoms with Crippen LogP contribution in [0.3, 0.4) is 0 Å². The van der Waals surface area contributed by atoms with Crippen LogP contribution in [0.1, 0.15) is 16.1 Å². The van der Waals surface area contributed by atoms with Crippen molar-refractivity contribution in [3.05, 3.63) is 54.1 Å². The molecule has 1 N–H and O–H groups in total. The number of nitrogens with zero attached hydrogens (tertiary/aromatic N) is 3. The standard InChI is InChI=1S/C14H11N3O2/c1-9-4-7-17-11(8-9)16-12(13(17)14(18)19)10-2-5-15-6-3-10/h2-8H,1H3,(H,18,19). The maximum Gasteiger partial charge on any atom is 0.355 e. The zero-order valence-electron chi connectivity index (χ0n) is 10.2. The number of rotatable bonds is 2. The Kier molecular flexibility index (Phi) is 2.52. The average molecular weight is 253 g/mol. The first kappa shape index (κ1) is 11.4. The summed E-state index contributed by atoms with van der Waals surface area (Å²) in [7, 11) is 0. The highest BCUT2D eigenvalue weighted by Crippen LogP contribution is 2.24. The highest BCUT2D eigenvalue weighted by Gasteiger charge is 2.19. The van der Waals surface area contributed by atoms with Crippen molar-refractivity contribution in [3.8, 4) is 11.3 Å². The molecule has 3 aromatic heterocycles. The third kappa shape index (κ3) is 1.85. The van der Waals surface area contributed by atoms with E-state index in [1.54, 1.807) is 35.1 Å². The number of aromatic carboxylic acids is 1. The molecule has 3 rings (SSSR count). The Bertz CT molecular complexity index is 763. The van der Waals surface area contributed by atoms with Gasteiger partial charge in [0.2, 0.25) is 0 Å². The molecule has 0 saturated carbocycles. The van der Waals surface area contributed by atoms with Crippen molar-refractivity contribution in [3.63, 3.8) is 0 Å². The summed E-state index contributed by atoms with van der Waals surface area (Å²) in [6, 6.07) is 7.22. The quantitative estimate of drug-likeness (QED) is 0.761. The van der Waals surface area contributed by atoms with Gasteiger partial charge in [-0.3, -0.25) is 9.38 Å². The van der Waals surface area contributed by atoms with E-state index < -0.39 is 5.97 Å². The van der Waals surface area contributed by atoms with Gasteiger partial charge in [-0.2, -0.15) is 0 Å². The van der Waals surface area contributed by atoms with Crippen LogP contribution < -0.4 is 0 Å². The summed E-state index contributed by atoms with van der Waals surface area (Å²) in [6.07, 6.45) is 4.97. The molecule has 0 amide bonds. The minimum atomic E-state index is -0.997. The van der Waals surface area contributed by atoms with Crippen LogP contribution in [0.15, 0.2) is 42.9 Å². The molecule has 5 heteroatoms. The molecule has 0 fully saturated rings. The number of pyridine rings is 2. The van der Waals surface area contributed by atoms with Crippen molar-refractivity contribution in [2.45, 2.75) is 6.92 Å². The number of aryl methyl sites for hydroxylation is 1. The number of aromatic nitrogens is 3. The minimum absolute atomic E-state index is 0.168. The molecule has 0 aliphatic carbocycles. The third-order valence-electron chi connectivity index (χ3n) is 2.94. The monoisotopic (exact) mass is 253 g/mol. The molecule has 0 aliphatic rings. The molecule has 0 aliphatic heterocycles. The normalized spacial score (nSPS) is 10.8. The molecule has 19 heavy (non-hydrogen) atoms. The van der Waals surface area contributed by atoms with Gasteiger partial charge in [0.15, 0.2) is 5.69 Å². The molecule has 0 aromatic carbocycles. The Morgan fingerprint density at radius 2 is 2.00 bits per heavy atom. The first-order valence-corrected chi connectivity index (χ1v) is 5.79. The number of carboxylic acid groups (broad SMARTS) is 1. The van der Waals surface area contributed by atoms with Gasteiger partial charge in [-0.1, -0.05) is 0 Å². The molecular formula is C14H11N3O2. The van der Waals surface area contributed by atoms with Crippen molar-refractivity contribution in [1.82, 2.24) is 14.4 Å². The summed E-state index contributed by atoms with van der Waals surface area (Å²) in [5.41, 5.74) is 3.04. The lowest BCUT2D eigenvalue weighted by Gasteiger charge is -2.00. The average Bonchev–Trinajstić information content (AvgIpc) is 2.78. The Morgan fingerprint density at radius 1 is 1.26 bits per heavy atom. The Hall–Kier alpha value is -2.69. The predicted molar refractivity (Wildman–Crippen MR) is 70.1 cm³/mol. The first-order valence-electron chi connectivity index (χ1n) is 5.79. The summed E-state index contributed by atoms with van der Waals surface area (Å²) in [5.74, 6) is -0.997. The number of fused-ring (bicyclic) bond motifs is 1. The molecule has 0 saturated heterocycles. The fraction of sp³-hybridized carbons (Fsp3) is 0.0714. The summed E-state index contributed by atoms with van der Waals surface area (Å²) in [5, 5.41) is 9.41. The number of imidazole rings is 1. The van der Waals surface area contributed by atoms with E-state index in [0.717, 1.165) is 11.1 Å². The lowest BCUT2D eigenvalue weighted by Crippen LogP contribution is -2.03. The molecule has 0 bridgehead atoms. The Balaban J connectivity index is 2.35. The summed E-state index contributed by atoms with van der Waals surface area (Å²) < 4.78 is 1.59. The van der Waals surface area contributed by atoms with Crippen LogP contribution in [-0.4, -0.2) is 25.4 Å². The molecule has 0 unspecified atom stereocenters. The molecule has 3 heterocycles. The van der Waals surface area contributed by atoms with Crippen LogP contribution in [-0.2, 0) is 0 Å². The molecular weight excluding hydrogens is 242 g/mol. The Labute approximate surface area is 109 Å². The SMILES string of the molecule is Cc1ccn2c(C(=O)O)c(-c3ccncc3)nc2c1. The zero-order valence-corrected chi connectivity index (χ0v) is 10.2. The van der Waals surface area contributed by atoms with E-state index in [4.69, 9.17) is 0 Å². The van der Waals surface area contributed by atoms with E-state index in [9.17, 15) is 9.90 Å². The number of carboxylic acids is 1. The van der Waals surface area contributed by atoms with Gasteiger partial charge in [-0.15, -0.1) is 0 Å². The number of carbonyl (C=O) groups is 1. The lowest BCUT2D eigenvalue weighted by atomic mass is 10.1. The maximum atomic E-state index is 11.5. The second-order valence-electron chi connectivity index (χ2n) is 4.28. The van der Waals surface area contributed by atoms with Gasteiger partial charge in [0.25, 0.3) is 0 Å². The van der Waals surface area contributed by atoms with E-state index in [2.05, 4.69) is 9.97 Å². The van der Waals surface area contributed by atoms with Crippen LogP contribution >= 0.6 is 0 Å². The van der Waals surface area contributed by atoms with Gasteiger partial charge < -0.3 is 5.11 Å². The summed E-state index contributed by atoms with van der Waals surface area (Å²) in [4.78, 5) is 19.8. The van der Waals surface area contributed by atoms with E-state index in [-0.39, 0.29) is 5.69 Å². The first-order chi connectivity index (χ1) is 9.16. The van der Waals surface area contributed by atoms with Crippen molar-refractivity contribution >= 4 is 11.6 Å². The van der Waals surface area contributed by atoms with E-state index in [0.29, 0.717) is 11.3 Å². The smallest absolute Gasteiger partial charge is 0.355 e. The van der Waals surface area contributed by atoms with Crippen LogP contribution in [0.5, 0.6) is 0 Å². The number of hydrogen-bond donors (Lipinski definition) is 1. The topological polar surface area (TPSA) is 67.5 Å². The van der Waals surface area contributed by atoms with Gasteiger partial charge in [-0.05, 0) is 36.8 Å². The van der Waals surface area contributed by atoms with Crippen LogP contribution in [0, 0.1) is 6.92 Å². The van der Waals surface area contributed by atoms with Crippen molar-refractivity contribution in [2.24, 2.45) is 0 Å². The molecule has 0 spiro atoms. The van der Waals surface area contributed by atoms with E-state index >= 15 is 0 Å². The zero-order chi connectivity index (χ0) is 13.4. The molecule has 0 radical (unpaired) electrons. The van der Waals surface area contributed by atoms with Gasteiger partial charge in [-0.25, -0.2) is 9.78 Å². The summed E-state index contributed by atoms with van der Waals surface area (Å²) in [6.45, 7) is 1.95. The fourth-order valence-electron chi connectivity index (χ4n) is 2.06. The predicted octanol–water partition coefficient (Wildman–Crippen LogP) is 2.40. The molecule has 94 valence electrons. The maximum absolute atomic E-state index is 11.5. The van der Waals surface area contributed by atoms with Gasteiger partial charge in [0.05, 0.1) is 0 Å². The molecule has 0 atom stereocenters. The second-order valence-corrected chi connectivity index (χ2v) is 4.28. The highest BCUT2D eigenvalue weighted by molar-refractivity contribution is 5.94. The van der Waals surface area contributed by atoms with Crippen molar-refractivity contribution in [2.75, 3.05) is 0 Å². The van der Waals surface area contributed by atoms with Crippen LogP contribution in [0.4, 0.5) is 0 Å². The fourth-order valence-corrected chi connectivity index (χ4v) is 2.06. The van der Waals surface area contributed by atoms with Crippen molar-refractivity contribution in [1.29, 1.82) is 0 Å². The van der Waals surface area contributed by atoms with Gasteiger partial charge >= 0.3 is 5.97 Å². The summed E-state index contributed by atoms with van der Waals surface area (Å²) >= 11 is 0. The molecule has 3 aromatic rings. The lowest BCUT2D eigenvalue weighted by molar-refractivity contribution is 0.0690. The van der Waals surface area contributed by atoms with Crippen molar-refractivity contribution < 1.29 is 9.90 Å². The van der Waals surface area contributed by atoms with Crippen LogP contribution in [0.2, 0.25) is 0 Å². The van der Waals surface area contributed by atoms with Crippen LogP contribution in [0.25, 0.3) is 16.9 Å². The van der Waals surface area contributed by atoms with Gasteiger partial charge in [0, 0.05) is 24.2 Å². The second kappa shape index (κ2) is 4.20. The number of hydrogen-bond acceptors (Lipinski definition) is 3. The molecule has 5 nitrogen and oxygen atoms in total. The van der Waals surface area contributed by atoms with Gasteiger partial charge in [0.1, 0.15) is 11.3 Å². The third-order valence-corrected chi connectivity index (χ3v) is 2.94. The minimum Gasteiger partial charge on any atom is -0.476 e. The highest BCUT2D eigenvalue weighted by atomic mass is 16.4. The largest absolute Gasteiger partial charge is 0.476 e. The van der Waals surface area contributed by atoms with E-state index in [1.165, 1.54) is 0 Å². The van der Waals surface area contributed by atoms with E-state index in [1.807, 2.05) is 19.1 Å².